The maximum absolute atomic E-state index is 12.4. The molecule has 5 heteroatoms. The lowest BCUT2D eigenvalue weighted by Gasteiger charge is -2.08. The van der Waals surface area contributed by atoms with Gasteiger partial charge >= 0.3 is 0 Å². The number of nitrogens with one attached hydrogen (secondary N) is 2. The highest BCUT2D eigenvalue weighted by Gasteiger charge is 2.08. The first kappa shape index (κ1) is 18.9. The van der Waals surface area contributed by atoms with Crippen LogP contribution in [0.5, 0.6) is 0 Å². The molecule has 4 nitrogen and oxygen atoms in total. The Morgan fingerprint density at radius 1 is 0.963 bits per heavy atom. The molecule has 0 radical (unpaired) electrons. The van der Waals surface area contributed by atoms with E-state index in [1.165, 1.54) is 0 Å². The van der Waals surface area contributed by atoms with Crippen molar-refractivity contribution in [1.82, 2.24) is 5.32 Å². The van der Waals surface area contributed by atoms with Gasteiger partial charge in [0.15, 0.2) is 0 Å². The highest BCUT2D eigenvalue weighted by Crippen LogP contribution is 2.14. The van der Waals surface area contributed by atoms with E-state index in [9.17, 15) is 9.59 Å². The second kappa shape index (κ2) is 8.64. The summed E-state index contributed by atoms with van der Waals surface area (Å²) in [5, 5.41) is 7.81. The average Bonchev–Trinajstić information content (AvgIpc) is 3.14. The van der Waals surface area contributed by atoms with Gasteiger partial charge < -0.3 is 10.6 Å². The number of amides is 2. The molecular formula is C22H22N2O2S. The van der Waals surface area contributed by atoms with Gasteiger partial charge in [0.25, 0.3) is 5.91 Å². The maximum atomic E-state index is 12.4. The second-order valence-electron chi connectivity index (χ2n) is 6.56. The van der Waals surface area contributed by atoms with Crippen LogP contribution in [0.25, 0.3) is 0 Å². The quantitative estimate of drug-likeness (QED) is 0.665. The molecule has 0 spiro atoms. The summed E-state index contributed by atoms with van der Waals surface area (Å²) in [5.74, 6) is -0.154. The SMILES string of the molecule is Cc1cc(C)cc(C(=O)Nc2ccc(CC(=O)NCc3cccs3)cc2)c1. The molecule has 2 aromatic carbocycles. The van der Waals surface area contributed by atoms with Crippen molar-refractivity contribution in [1.29, 1.82) is 0 Å². The van der Waals surface area contributed by atoms with Crippen molar-refractivity contribution in [3.05, 3.63) is 87.1 Å². The highest BCUT2D eigenvalue weighted by atomic mass is 32.1. The molecule has 2 amide bonds. The van der Waals surface area contributed by atoms with Crippen molar-refractivity contribution in [2.24, 2.45) is 0 Å². The predicted octanol–water partition coefficient (Wildman–Crippen LogP) is 4.48. The Bertz CT molecular complexity index is 911. The summed E-state index contributed by atoms with van der Waals surface area (Å²) in [6, 6.07) is 17.1. The Hall–Kier alpha value is -2.92. The Balaban J connectivity index is 1.55. The molecule has 0 saturated carbocycles. The fourth-order valence-corrected chi connectivity index (χ4v) is 3.51. The first-order valence-electron chi connectivity index (χ1n) is 8.77. The number of carbonyl (C=O) groups excluding carboxylic acids is 2. The van der Waals surface area contributed by atoms with Crippen molar-refractivity contribution in [2.45, 2.75) is 26.8 Å². The topological polar surface area (TPSA) is 58.2 Å². The maximum Gasteiger partial charge on any atom is 0.255 e. The van der Waals surface area contributed by atoms with E-state index in [0.717, 1.165) is 21.6 Å². The van der Waals surface area contributed by atoms with Crippen molar-refractivity contribution < 1.29 is 9.59 Å². The van der Waals surface area contributed by atoms with Gasteiger partial charge in [-0.2, -0.15) is 0 Å². The standard InChI is InChI=1S/C22H22N2O2S/c1-15-10-16(2)12-18(11-15)22(26)24-19-7-5-17(6-8-19)13-21(25)23-14-20-4-3-9-27-20/h3-12H,13-14H2,1-2H3,(H,23,25)(H,24,26). The number of hydrogen-bond acceptors (Lipinski definition) is 3. The molecule has 0 aliphatic rings. The summed E-state index contributed by atoms with van der Waals surface area (Å²) in [5.41, 5.74) is 4.38. The largest absolute Gasteiger partial charge is 0.351 e. The van der Waals surface area contributed by atoms with E-state index >= 15 is 0 Å². The van der Waals surface area contributed by atoms with Crippen LogP contribution in [0.15, 0.2) is 60.0 Å². The molecule has 0 atom stereocenters. The lowest BCUT2D eigenvalue weighted by atomic mass is 10.1. The van der Waals surface area contributed by atoms with E-state index in [0.29, 0.717) is 24.2 Å². The van der Waals surface area contributed by atoms with Gasteiger partial charge in [-0.3, -0.25) is 9.59 Å². The van der Waals surface area contributed by atoms with Crippen LogP contribution in [0, 0.1) is 13.8 Å². The molecule has 2 N–H and O–H groups in total. The van der Waals surface area contributed by atoms with E-state index in [2.05, 4.69) is 10.6 Å². The van der Waals surface area contributed by atoms with Gasteiger partial charge in [-0.25, -0.2) is 0 Å². The minimum atomic E-state index is -0.136. The zero-order chi connectivity index (χ0) is 19.2. The lowest BCUT2D eigenvalue weighted by molar-refractivity contribution is -0.120. The zero-order valence-electron chi connectivity index (χ0n) is 15.4. The van der Waals surface area contributed by atoms with Crippen molar-refractivity contribution in [2.75, 3.05) is 5.32 Å². The number of thiophene rings is 1. The van der Waals surface area contributed by atoms with E-state index in [1.807, 2.05) is 73.8 Å². The lowest BCUT2D eigenvalue weighted by Crippen LogP contribution is -2.24. The van der Waals surface area contributed by atoms with Crippen molar-refractivity contribution in [3.8, 4) is 0 Å². The van der Waals surface area contributed by atoms with Gasteiger partial charge in [-0.05, 0) is 55.1 Å². The summed E-state index contributed by atoms with van der Waals surface area (Å²) in [4.78, 5) is 25.6. The van der Waals surface area contributed by atoms with Crippen LogP contribution >= 0.6 is 11.3 Å². The zero-order valence-corrected chi connectivity index (χ0v) is 16.2. The predicted molar refractivity (Wildman–Crippen MR) is 110 cm³/mol. The number of hydrogen-bond donors (Lipinski definition) is 2. The fraction of sp³-hybridized carbons (Fsp3) is 0.182. The van der Waals surface area contributed by atoms with Crippen molar-refractivity contribution >= 4 is 28.8 Å². The van der Waals surface area contributed by atoms with Crippen LogP contribution in [0.1, 0.15) is 31.9 Å². The number of carbonyl (C=O) groups is 2. The Kier molecular flexibility index (Phi) is 6.04. The number of benzene rings is 2. The summed E-state index contributed by atoms with van der Waals surface area (Å²) < 4.78 is 0. The summed E-state index contributed by atoms with van der Waals surface area (Å²) in [7, 11) is 0. The molecule has 0 unspecified atom stereocenters. The molecule has 0 aliphatic carbocycles. The van der Waals surface area contributed by atoms with Crippen LogP contribution in [0.3, 0.4) is 0 Å². The van der Waals surface area contributed by atoms with Crippen LogP contribution in [-0.4, -0.2) is 11.8 Å². The molecule has 138 valence electrons. The normalized spacial score (nSPS) is 10.4. The molecule has 0 bridgehead atoms. The molecule has 0 saturated heterocycles. The number of rotatable bonds is 6. The summed E-state index contributed by atoms with van der Waals surface area (Å²) in [6.07, 6.45) is 0.316. The van der Waals surface area contributed by atoms with Crippen molar-refractivity contribution in [3.63, 3.8) is 0 Å². The number of anilines is 1. The third kappa shape index (κ3) is 5.53. The molecular weight excluding hydrogens is 356 g/mol. The van der Waals surface area contributed by atoms with Gasteiger partial charge in [-0.1, -0.05) is 35.4 Å². The third-order valence-corrected chi connectivity index (χ3v) is 4.98. The summed E-state index contributed by atoms with van der Waals surface area (Å²) >= 11 is 1.62. The van der Waals surface area contributed by atoms with E-state index in [1.54, 1.807) is 11.3 Å². The van der Waals surface area contributed by atoms with Crippen LogP contribution in [0.4, 0.5) is 5.69 Å². The number of aryl methyl sites for hydroxylation is 2. The van der Waals surface area contributed by atoms with Gasteiger partial charge in [-0.15, -0.1) is 11.3 Å². The van der Waals surface area contributed by atoms with Gasteiger partial charge in [0, 0.05) is 16.1 Å². The molecule has 0 fully saturated rings. The Morgan fingerprint density at radius 2 is 1.67 bits per heavy atom. The van der Waals surface area contributed by atoms with Gasteiger partial charge in [0.05, 0.1) is 13.0 Å². The van der Waals surface area contributed by atoms with Crippen LogP contribution in [0.2, 0.25) is 0 Å². The Morgan fingerprint density at radius 3 is 2.30 bits per heavy atom. The molecule has 1 aromatic heterocycles. The average molecular weight is 378 g/mol. The van der Waals surface area contributed by atoms with E-state index < -0.39 is 0 Å². The second-order valence-corrected chi connectivity index (χ2v) is 7.59. The van der Waals surface area contributed by atoms with Gasteiger partial charge in [0.1, 0.15) is 0 Å². The molecule has 1 heterocycles. The molecule has 3 rings (SSSR count). The minimum absolute atomic E-state index is 0.0181. The smallest absolute Gasteiger partial charge is 0.255 e. The molecule has 3 aromatic rings. The highest BCUT2D eigenvalue weighted by molar-refractivity contribution is 7.09. The monoisotopic (exact) mass is 378 g/mol. The first-order valence-corrected chi connectivity index (χ1v) is 9.65. The van der Waals surface area contributed by atoms with E-state index in [4.69, 9.17) is 0 Å². The molecule has 27 heavy (non-hydrogen) atoms. The fourth-order valence-electron chi connectivity index (χ4n) is 2.86. The summed E-state index contributed by atoms with van der Waals surface area (Å²) in [6.45, 7) is 4.50. The molecule has 0 aliphatic heterocycles. The van der Waals surface area contributed by atoms with Gasteiger partial charge in [0.2, 0.25) is 5.91 Å². The van der Waals surface area contributed by atoms with Crippen LogP contribution in [-0.2, 0) is 17.8 Å². The van der Waals surface area contributed by atoms with Crippen LogP contribution < -0.4 is 10.6 Å². The van der Waals surface area contributed by atoms with E-state index in [-0.39, 0.29) is 11.8 Å². The third-order valence-electron chi connectivity index (χ3n) is 4.10. The minimum Gasteiger partial charge on any atom is -0.351 e. The Labute approximate surface area is 163 Å². The first-order chi connectivity index (χ1) is 13.0.